The molecule has 0 aromatic heterocycles. The van der Waals surface area contributed by atoms with Crippen molar-refractivity contribution in [1.29, 1.82) is 0 Å². The maximum Gasteiger partial charge on any atom is 0.164 e. The van der Waals surface area contributed by atoms with E-state index in [2.05, 4.69) is 15.9 Å². The van der Waals surface area contributed by atoms with E-state index >= 15 is 0 Å². The Morgan fingerprint density at radius 3 is 2.42 bits per heavy atom. The van der Waals surface area contributed by atoms with Crippen molar-refractivity contribution in [2.24, 2.45) is 0 Å². The van der Waals surface area contributed by atoms with Gasteiger partial charge in [0.25, 0.3) is 0 Å². The molecule has 0 bridgehead atoms. The monoisotopic (exact) mass is 332 g/mol. The van der Waals surface area contributed by atoms with Crippen LogP contribution in [0.25, 0.3) is 0 Å². The molecule has 5 nitrogen and oxygen atoms in total. The fraction of sp³-hybridized carbons (Fsp3) is 0.684. The average molecular weight is 332 g/mol. The fourth-order valence-electron chi connectivity index (χ4n) is 3.97. The topological polar surface area (TPSA) is 34.2 Å². The third kappa shape index (κ3) is 3.33. The van der Waals surface area contributed by atoms with Gasteiger partial charge in [-0.2, -0.15) is 0 Å². The van der Waals surface area contributed by atoms with Crippen molar-refractivity contribution in [3.05, 3.63) is 17.7 Å². The zero-order valence-corrected chi connectivity index (χ0v) is 14.6. The van der Waals surface area contributed by atoms with Gasteiger partial charge >= 0.3 is 0 Å². The molecule has 4 rings (SSSR count). The molecule has 0 radical (unpaired) electrons. The van der Waals surface area contributed by atoms with Crippen LogP contribution in [0, 0.1) is 0 Å². The molecule has 0 amide bonds. The number of fused-ring (bicyclic) bond motifs is 1. The average Bonchev–Trinajstić information content (AvgIpc) is 2.82. The van der Waals surface area contributed by atoms with Gasteiger partial charge in [-0.25, -0.2) is 0 Å². The molecule has 132 valence electrons. The molecule has 3 heterocycles. The number of hydrogen-bond acceptors (Lipinski definition) is 5. The number of benzene rings is 1. The quantitative estimate of drug-likeness (QED) is 0.846. The second-order valence-corrected chi connectivity index (χ2v) is 7.11. The second-order valence-electron chi connectivity index (χ2n) is 7.11. The van der Waals surface area contributed by atoms with E-state index in [0.29, 0.717) is 6.61 Å². The SMILES string of the molecule is COc1cc2c(cc1CN1CC(N3CCCCC3)C1)OCCCO2. The highest BCUT2D eigenvalue weighted by molar-refractivity contribution is 5.51. The molecule has 3 aliphatic rings. The number of likely N-dealkylation sites (tertiary alicyclic amines) is 2. The summed E-state index contributed by atoms with van der Waals surface area (Å²) in [6, 6.07) is 4.84. The molecular formula is C19H28N2O3. The first-order valence-corrected chi connectivity index (χ1v) is 9.26. The predicted molar refractivity (Wildman–Crippen MR) is 93.1 cm³/mol. The summed E-state index contributed by atoms with van der Waals surface area (Å²) < 4.78 is 17.2. The van der Waals surface area contributed by atoms with E-state index in [-0.39, 0.29) is 0 Å². The van der Waals surface area contributed by atoms with Crippen LogP contribution in [-0.2, 0) is 6.54 Å². The predicted octanol–water partition coefficient (Wildman–Crippen LogP) is 2.53. The Balaban J connectivity index is 1.40. The first kappa shape index (κ1) is 16.0. The van der Waals surface area contributed by atoms with Gasteiger partial charge in [-0.15, -0.1) is 0 Å². The van der Waals surface area contributed by atoms with Crippen molar-refractivity contribution in [3.8, 4) is 17.2 Å². The smallest absolute Gasteiger partial charge is 0.164 e. The first-order valence-electron chi connectivity index (χ1n) is 9.26. The summed E-state index contributed by atoms with van der Waals surface area (Å²) in [7, 11) is 1.73. The van der Waals surface area contributed by atoms with Crippen molar-refractivity contribution in [2.75, 3.05) is 46.5 Å². The Kier molecular flexibility index (Phi) is 4.81. The Morgan fingerprint density at radius 2 is 1.71 bits per heavy atom. The molecule has 1 aromatic rings. The molecule has 0 aliphatic carbocycles. The van der Waals surface area contributed by atoms with Crippen LogP contribution in [-0.4, -0.2) is 62.3 Å². The minimum Gasteiger partial charge on any atom is -0.496 e. The van der Waals surface area contributed by atoms with Crippen molar-refractivity contribution in [2.45, 2.75) is 38.3 Å². The van der Waals surface area contributed by atoms with E-state index in [1.54, 1.807) is 7.11 Å². The highest BCUT2D eigenvalue weighted by atomic mass is 16.5. The molecule has 0 atom stereocenters. The van der Waals surface area contributed by atoms with Crippen LogP contribution in [0.1, 0.15) is 31.2 Å². The van der Waals surface area contributed by atoms with E-state index in [1.807, 2.05) is 6.07 Å². The van der Waals surface area contributed by atoms with Crippen LogP contribution in [0.2, 0.25) is 0 Å². The summed E-state index contributed by atoms with van der Waals surface area (Å²) in [5.74, 6) is 2.57. The summed E-state index contributed by atoms with van der Waals surface area (Å²) >= 11 is 0. The molecule has 1 aromatic carbocycles. The van der Waals surface area contributed by atoms with Gasteiger partial charge in [-0.05, 0) is 32.0 Å². The third-order valence-electron chi connectivity index (χ3n) is 5.39. The van der Waals surface area contributed by atoms with E-state index < -0.39 is 0 Å². The van der Waals surface area contributed by atoms with Crippen molar-refractivity contribution in [3.63, 3.8) is 0 Å². The first-order chi connectivity index (χ1) is 11.8. The van der Waals surface area contributed by atoms with Crippen LogP contribution in [0.5, 0.6) is 17.2 Å². The molecule has 5 heteroatoms. The van der Waals surface area contributed by atoms with E-state index in [4.69, 9.17) is 14.2 Å². The van der Waals surface area contributed by atoms with Crippen molar-refractivity contribution >= 4 is 0 Å². The van der Waals surface area contributed by atoms with Crippen LogP contribution < -0.4 is 14.2 Å². The van der Waals surface area contributed by atoms with Gasteiger partial charge in [0.1, 0.15) is 5.75 Å². The van der Waals surface area contributed by atoms with Crippen LogP contribution in [0.3, 0.4) is 0 Å². The summed E-state index contributed by atoms with van der Waals surface area (Å²) in [5.41, 5.74) is 1.19. The molecule has 0 saturated carbocycles. The van der Waals surface area contributed by atoms with Gasteiger partial charge in [-0.1, -0.05) is 6.42 Å². The van der Waals surface area contributed by atoms with Crippen molar-refractivity contribution < 1.29 is 14.2 Å². The second kappa shape index (κ2) is 7.19. The van der Waals surface area contributed by atoms with Gasteiger partial charge in [-0.3, -0.25) is 9.80 Å². The number of methoxy groups -OCH3 is 1. The van der Waals surface area contributed by atoms with Gasteiger partial charge < -0.3 is 14.2 Å². The molecule has 0 unspecified atom stereocenters. The number of rotatable bonds is 4. The Bertz CT molecular complexity index is 566. The summed E-state index contributed by atoms with van der Waals surface area (Å²) in [6.45, 7) is 7.25. The molecule has 0 N–H and O–H groups in total. The lowest BCUT2D eigenvalue weighted by atomic mass is 10.0. The minimum atomic E-state index is 0.707. The zero-order chi connectivity index (χ0) is 16.4. The van der Waals surface area contributed by atoms with Gasteiger partial charge in [0, 0.05) is 43.7 Å². The van der Waals surface area contributed by atoms with E-state index in [9.17, 15) is 0 Å². The molecule has 2 fully saturated rings. The molecule has 3 aliphatic heterocycles. The van der Waals surface area contributed by atoms with E-state index in [1.165, 1.54) is 37.9 Å². The van der Waals surface area contributed by atoms with Gasteiger partial charge in [0.05, 0.1) is 20.3 Å². The number of nitrogens with zero attached hydrogens (tertiary/aromatic N) is 2. The number of ether oxygens (including phenoxy) is 3. The van der Waals surface area contributed by atoms with Gasteiger partial charge in [0.15, 0.2) is 11.5 Å². The van der Waals surface area contributed by atoms with E-state index in [0.717, 1.165) is 56.0 Å². The third-order valence-corrected chi connectivity index (χ3v) is 5.39. The molecular weight excluding hydrogens is 304 g/mol. The fourth-order valence-corrected chi connectivity index (χ4v) is 3.97. The number of piperidine rings is 1. The lowest BCUT2D eigenvalue weighted by Crippen LogP contribution is -2.59. The van der Waals surface area contributed by atoms with Gasteiger partial charge in [0.2, 0.25) is 0 Å². The Morgan fingerprint density at radius 1 is 1.00 bits per heavy atom. The van der Waals surface area contributed by atoms with Crippen LogP contribution in [0.15, 0.2) is 12.1 Å². The molecule has 2 saturated heterocycles. The normalized spacial score (nSPS) is 22.7. The highest BCUT2D eigenvalue weighted by Gasteiger charge is 2.32. The Labute approximate surface area is 144 Å². The highest BCUT2D eigenvalue weighted by Crippen LogP contribution is 2.37. The van der Waals surface area contributed by atoms with Crippen LogP contribution >= 0.6 is 0 Å². The summed E-state index contributed by atoms with van der Waals surface area (Å²) in [6.07, 6.45) is 5.07. The standard InChI is InChI=1S/C19H28N2O3/c1-22-17-11-19-18(23-8-5-9-24-19)10-15(17)12-20-13-16(14-20)21-6-3-2-4-7-21/h10-11,16H,2-9,12-14H2,1H3. The maximum atomic E-state index is 5.83. The largest absolute Gasteiger partial charge is 0.496 e. The lowest BCUT2D eigenvalue weighted by Gasteiger charge is -2.47. The summed E-state index contributed by atoms with van der Waals surface area (Å²) in [4.78, 5) is 5.17. The Hall–Kier alpha value is -1.46. The molecule has 0 spiro atoms. The minimum absolute atomic E-state index is 0.707. The van der Waals surface area contributed by atoms with Crippen LogP contribution in [0.4, 0.5) is 0 Å². The number of hydrogen-bond donors (Lipinski definition) is 0. The lowest BCUT2D eigenvalue weighted by molar-refractivity contribution is 0.0182. The molecule has 24 heavy (non-hydrogen) atoms. The van der Waals surface area contributed by atoms with Crippen molar-refractivity contribution in [1.82, 2.24) is 9.80 Å². The summed E-state index contributed by atoms with van der Waals surface area (Å²) in [5, 5.41) is 0. The maximum absolute atomic E-state index is 5.83. The zero-order valence-electron chi connectivity index (χ0n) is 14.6.